The van der Waals surface area contributed by atoms with Gasteiger partial charge in [-0.3, -0.25) is 24.0 Å². The Labute approximate surface area is 200 Å². The maximum absolute atomic E-state index is 12.7. The SMILES string of the molecule is CSCCC(NC(=O)C(CCC(N)=O)NC(=O)C(NC(=O)C(N)CCC(=O)O)C(C)O)C(=O)O. The van der Waals surface area contributed by atoms with E-state index in [1.807, 2.05) is 0 Å². The Balaban J connectivity index is 5.43. The number of hydrogen-bond acceptors (Lipinski definition) is 9. The van der Waals surface area contributed by atoms with Crippen molar-refractivity contribution in [1.82, 2.24) is 16.0 Å². The van der Waals surface area contributed by atoms with Gasteiger partial charge in [-0.15, -0.1) is 0 Å². The second kappa shape index (κ2) is 15.8. The van der Waals surface area contributed by atoms with Crippen LogP contribution in [0.1, 0.15) is 39.0 Å². The van der Waals surface area contributed by atoms with E-state index in [0.29, 0.717) is 5.75 Å². The Morgan fingerprint density at radius 1 is 0.853 bits per heavy atom. The molecular weight excluding hydrogens is 474 g/mol. The maximum Gasteiger partial charge on any atom is 0.326 e. The Hall–Kier alpha value is -2.91. The summed E-state index contributed by atoms with van der Waals surface area (Å²) in [4.78, 5) is 70.8. The van der Waals surface area contributed by atoms with Crippen molar-refractivity contribution >= 4 is 47.3 Å². The number of aliphatic carboxylic acids is 2. The highest BCUT2D eigenvalue weighted by molar-refractivity contribution is 7.98. The standard InChI is InChI=1S/C19H33N5O9S/c1-9(25)15(24-16(29)10(20)3-6-14(27)28)18(31)22-11(4-5-13(21)26)17(30)23-12(19(32)33)7-8-34-2/h9-12,15,25H,3-8,20H2,1-2H3,(H2,21,26)(H,22,31)(H,23,30)(H,24,29)(H,27,28)(H,32,33). The van der Waals surface area contributed by atoms with Gasteiger partial charge in [0.25, 0.3) is 0 Å². The minimum Gasteiger partial charge on any atom is -0.481 e. The molecule has 5 atom stereocenters. The molecule has 10 N–H and O–H groups in total. The van der Waals surface area contributed by atoms with Crippen LogP contribution < -0.4 is 27.4 Å². The first-order valence-electron chi connectivity index (χ1n) is 10.4. The van der Waals surface area contributed by atoms with Crippen molar-refractivity contribution in [2.45, 2.75) is 69.3 Å². The number of amides is 4. The molecule has 0 aromatic rings. The quantitative estimate of drug-likeness (QED) is 0.0992. The van der Waals surface area contributed by atoms with Crippen LogP contribution in [0.3, 0.4) is 0 Å². The van der Waals surface area contributed by atoms with Gasteiger partial charge < -0.3 is 42.7 Å². The van der Waals surface area contributed by atoms with Crippen molar-refractivity contribution < 1.29 is 44.1 Å². The third-order valence-electron chi connectivity index (χ3n) is 4.61. The second-order valence-electron chi connectivity index (χ2n) is 7.51. The van der Waals surface area contributed by atoms with Gasteiger partial charge in [0.2, 0.25) is 23.6 Å². The molecule has 0 aliphatic carbocycles. The largest absolute Gasteiger partial charge is 0.481 e. The minimum atomic E-state index is -1.57. The molecule has 0 aliphatic heterocycles. The highest BCUT2D eigenvalue weighted by Gasteiger charge is 2.32. The first-order valence-corrected chi connectivity index (χ1v) is 11.8. The predicted octanol–water partition coefficient (Wildman–Crippen LogP) is -2.88. The Bertz CT molecular complexity index is 750. The number of thioether (sulfide) groups is 1. The van der Waals surface area contributed by atoms with Gasteiger partial charge in [0.1, 0.15) is 18.1 Å². The minimum absolute atomic E-state index is 0.110. The van der Waals surface area contributed by atoms with Gasteiger partial charge in [-0.25, -0.2) is 4.79 Å². The Morgan fingerprint density at radius 3 is 1.91 bits per heavy atom. The fourth-order valence-corrected chi connectivity index (χ4v) is 3.13. The van der Waals surface area contributed by atoms with Crippen LogP contribution in [-0.4, -0.2) is 93.2 Å². The van der Waals surface area contributed by atoms with Crippen molar-refractivity contribution in [3.63, 3.8) is 0 Å². The highest BCUT2D eigenvalue weighted by atomic mass is 32.2. The molecule has 4 amide bonds. The average Bonchev–Trinajstić information content (AvgIpc) is 2.74. The molecule has 0 bridgehead atoms. The number of carbonyl (C=O) groups excluding carboxylic acids is 4. The van der Waals surface area contributed by atoms with E-state index < -0.39 is 72.3 Å². The number of carboxylic acids is 2. The van der Waals surface area contributed by atoms with Gasteiger partial charge in [-0.1, -0.05) is 0 Å². The van der Waals surface area contributed by atoms with Crippen molar-refractivity contribution in [1.29, 1.82) is 0 Å². The fraction of sp³-hybridized carbons (Fsp3) is 0.684. The lowest BCUT2D eigenvalue weighted by Crippen LogP contribution is -2.59. The van der Waals surface area contributed by atoms with Crippen molar-refractivity contribution in [2.75, 3.05) is 12.0 Å². The lowest BCUT2D eigenvalue weighted by atomic mass is 10.1. The molecule has 0 heterocycles. The molecule has 194 valence electrons. The Kier molecular flexibility index (Phi) is 14.5. The normalized spacial score (nSPS) is 15.2. The zero-order chi connectivity index (χ0) is 26.4. The Morgan fingerprint density at radius 2 is 1.44 bits per heavy atom. The number of carboxylic acid groups (broad SMARTS) is 2. The van der Waals surface area contributed by atoms with Crippen molar-refractivity contribution in [3.8, 4) is 0 Å². The average molecular weight is 508 g/mol. The first kappa shape index (κ1) is 31.1. The third kappa shape index (κ3) is 12.4. The molecule has 0 radical (unpaired) electrons. The molecule has 14 nitrogen and oxygen atoms in total. The molecule has 5 unspecified atom stereocenters. The third-order valence-corrected chi connectivity index (χ3v) is 5.25. The highest BCUT2D eigenvalue weighted by Crippen LogP contribution is 2.06. The summed E-state index contributed by atoms with van der Waals surface area (Å²) in [5, 5.41) is 34.7. The number of nitrogens with two attached hydrogens (primary N) is 2. The van der Waals surface area contributed by atoms with E-state index in [-0.39, 0.29) is 25.7 Å². The van der Waals surface area contributed by atoms with E-state index in [4.69, 9.17) is 16.6 Å². The number of aliphatic hydroxyl groups is 1. The monoisotopic (exact) mass is 507 g/mol. The zero-order valence-corrected chi connectivity index (χ0v) is 19.8. The van der Waals surface area contributed by atoms with Crippen molar-refractivity contribution in [3.05, 3.63) is 0 Å². The lowest BCUT2D eigenvalue weighted by molar-refractivity contribution is -0.142. The smallest absolute Gasteiger partial charge is 0.326 e. The summed E-state index contributed by atoms with van der Waals surface area (Å²) < 4.78 is 0. The summed E-state index contributed by atoms with van der Waals surface area (Å²) in [6, 6.07) is -5.48. The molecule has 0 spiro atoms. The second-order valence-corrected chi connectivity index (χ2v) is 8.50. The number of aliphatic hydroxyl groups excluding tert-OH is 1. The van der Waals surface area contributed by atoms with E-state index in [0.717, 1.165) is 0 Å². The number of hydrogen-bond donors (Lipinski definition) is 8. The van der Waals surface area contributed by atoms with Gasteiger partial charge in [-0.05, 0) is 38.2 Å². The summed E-state index contributed by atoms with van der Waals surface area (Å²) in [5.74, 6) is -5.59. The van der Waals surface area contributed by atoms with Crippen LogP contribution in [0.5, 0.6) is 0 Å². The molecule has 0 rings (SSSR count). The molecule has 0 fully saturated rings. The van der Waals surface area contributed by atoms with E-state index in [9.17, 15) is 39.0 Å². The molecule has 34 heavy (non-hydrogen) atoms. The van der Waals surface area contributed by atoms with Crippen LogP contribution >= 0.6 is 11.8 Å². The molecule has 0 aromatic heterocycles. The lowest BCUT2D eigenvalue weighted by Gasteiger charge is -2.26. The molecule has 0 aromatic carbocycles. The number of rotatable bonds is 17. The predicted molar refractivity (Wildman–Crippen MR) is 121 cm³/mol. The molecule has 15 heteroatoms. The molecule has 0 saturated heterocycles. The molecule has 0 aliphatic rings. The van der Waals surface area contributed by atoms with Gasteiger partial charge in [0, 0.05) is 12.8 Å². The maximum atomic E-state index is 12.7. The van der Waals surface area contributed by atoms with E-state index in [1.165, 1.54) is 18.7 Å². The summed E-state index contributed by atoms with van der Waals surface area (Å²) in [5.41, 5.74) is 10.7. The summed E-state index contributed by atoms with van der Waals surface area (Å²) >= 11 is 1.37. The van der Waals surface area contributed by atoms with E-state index >= 15 is 0 Å². The number of nitrogens with one attached hydrogen (secondary N) is 3. The van der Waals surface area contributed by atoms with Crippen LogP contribution in [-0.2, 0) is 28.8 Å². The van der Waals surface area contributed by atoms with Crippen molar-refractivity contribution in [2.24, 2.45) is 11.5 Å². The van der Waals surface area contributed by atoms with Gasteiger partial charge in [-0.2, -0.15) is 11.8 Å². The number of primary amides is 1. The van der Waals surface area contributed by atoms with Crippen LogP contribution in [0, 0.1) is 0 Å². The molecule has 0 saturated carbocycles. The van der Waals surface area contributed by atoms with Crippen LogP contribution in [0.4, 0.5) is 0 Å². The fourth-order valence-electron chi connectivity index (χ4n) is 2.66. The van der Waals surface area contributed by atoms with Crippen LogP contribution in [0.25, 0.3) is 0 Å². The van der Waals surface area contributed by atoms with E-state index in [2.05, 4.69) is 16.0 Å². The van der Waals surface area contributed by atoms with Gasteiger partial charge in [0.05, 0.1) is 12.1 Å². The number of carbonyl (C=O) groups is 6. The first-order chi connectivity index (χ1) is 15.8. The van der Waals surface area contributed by atoms with Crippen LogP contribution in [0.15, 0.2) is 0 Å². The van der Waals surface area contributed by atoms with E-state index in [1.54, 1.807) is 6.26 Å². The zero-order valence-electron chi connectivity index (χ0n) is 19.0. The van der Waals surface area contributed by atoms with Gasteiger partial charge in [0.15, 0.2) is 0 Å². The summed E-state index contributed by atoms with van der Waals surface area (Å²) in [6.45, 7) is 1.19. The summed E-state index contributed by atoms with van der Waals surface area (Å²) in [6.07, 6.45) is -0.757. The van der Waals surface area contributed by atoms with Crippen LogP contribution in [0.2, 0.25) is 0 Å². The van der Waals surface area contributed by atoms with Gasteiger partial charge >= 0.3 is 11.9 Å². The molecular formula is C19H33N5O9S. The summed E-state index contributed by atoms with van der Waals surface area (Å²) in [7, 11) is 0. The topological polar surface area (TPSA) is 251 Å².